The van der Waals surface area contributed by atoms with E-state index in [1.165, 1.54) is 0 Å². The van der Waals surface area contributed by atoms with Crippen LogP contribution in [-0.4, -0.2) is 62.1 Å². The van der Waals surface area contributed by atoms with Gasteiger partial charge in [-0.2, -0.15) is 0 Å². The topological polar surface area (TPSA) is 80.6 Å². The van der Waals surface area contributed by atoms with Gasteiger partial charge in [-0.15, -0.1) is 0 Å². The number of nitrogens with zero attached hydrogens (tertiary/aromatic N) is 5. The van der Waals surface area contributed by atoms with E-state index in [4.69, 9.17) is 4.74 Å². The van der Waals surface area contributed by atoms with E-state index < -0.39 is 0 Å². The number of likely N-dealkylation sites (tertiary alicyclic amines) is 1. The van der Waals surface area contributed by atoms with Crippen LogP contribution < -0.4 is 0 Å². The summed E-state index contributed by atoms with van der Waals surface area (Å²) in [6.07, 6.45) is 6.34. The largest absolute Gasteiger partial charge is 0.450 e. The number of hydrogen-bond acceptors (Lipinski definition) is 5. The van der Waals surface area contributed by atoms with Crippen molar-refractivity contribution in [2.75, 3.05) is 19.7 Å². The van der Waals surface area contributed by atoms with E-state index in [1.54, 1.807) is 24.2 Å². The fourth-order valence-electron chi connectivity index (χ4n) is 4.00. The summed E-state index contributed by atoms with van der Waals surface area (Å²) in [5.74, 6) is 0.741. The molecule has 0 atom stereocenters. The molecule has 1 aromatic carbocycles. The van der Waals surface area contributed by atoms with Crippen LogP contribution in [0.5, 0.6) is 0 Å². The third-order valence-corrected chi connectivity index (χ3v) is 5.76. The highest BCUT2D eigenvalue weighted by Crippen LogP contribution is 2.23. The molecule has 1 fully saturated rings. The molecule has 162 valence electrons. The zero-order valence-electron chi connectivity index (χ0n) is 17.9. The summed E-state index contributed by atoms with van der Waals surface area (Å²) in [4.78, 5) is 38.1. The van der Waals surface area contributed by atoms with Gasteiger partial charge in [-0.1, -0.05) is 18.2 Å². The lowest BCUT2D eigenvalue weighted by Crippen LogP contribution is -2.48. The van der Waals surface area contributed by atoms with E-state index in [2.05, 4.69) is 9.97 Å². The highest BCUT2D eigenvalue weighted by Gasteiger charge is 2.31. The van der Waals surface area contributed by atoms with Crippen LogP contribution in [0.15, 0.2) is 48.9 Å². The number of aromatic nitrogens is 3. The van der Waals surface area contributed by atoms with Gasteiger partial charge in [-0.25, -0.2) is 9.78 Å². The molecular formula is C23H27N5O3. The number of hydrogen-bond donors (Lipinski definition) is 0. The van der Waals surface area contributed by atoms with E-state index in [9.17, 15) is 9.59 Å². The predicted molar refractivity (Wildman–Crippen MR) is 116 cm³/mol. The number of para-hydroxylation sites is 1. The van der Waals surface area contributed by atoms with Crippen LogP contribution in [0.4, 0.5) is 4.79 Å². The van der Waals surface area contributed by atoms with Crippen molar-refractivity contribution in [3.8, 4) is 0 Å². The van der Waals surface area contributed by atoms with Crippen molar-refractivity contribution in [2.24, 2.45) is 7.05 Å². The van der Waals surface area contributed by atoms with Crippen LogP contribution in [0.1, 0.15) is 35.9 Å². The van der Waals surface area contributed by atoms with Crippen LogP contribution in [0.2, 0.25) is 0 Å². The van der Waals surface area contributed by atoms with E-state index in [0.29, 0.717) is 44.6 Å². The number of aryl methyl sites for hydroxylation is 1. The molecule has 0 spiro atoms. The molecule has 2 aromatic heterocycles. The second kappa shape index (κ2) is 9.16. The molecule has 2 amide bonds. The summed E-state index contributed by atoms with van der Waals surface area (Å²) in [6, 6.07) is 9.65. The van der Waals surface area contributed by atoms with Gasteiger partial charge >= 0.3 is 6.09 Å². The normalized spacial score (nSPS) is 14.6. The third kappa shape index (κ3) is 4.52. The number of carbonyl (C=O) groups excluding carboxylic acids is 2. The lowest BCUT2D eigenvalue weighted by Gasteiger charge is -2.38. The lowest BCUT2D eigenvalue weighted by molar-refractivity contribution is 0.0507. The van der Waals surface area contributed by atoms with Gasteiger partial charge in [-0.05, 0) is 31.9 Å². The highest BCUT2D eigenvalue weighted by molar-refractivity contribution is 5.97. The lowest BCUT2D eigenvalue weighted by atomic mass is 10.0. The number of benzene rings is 1. The molecule has 3 heterocycles. The Balaban J connectivity index is 1.57. The summed E-state index contributed by atoms with van der Waals surface area (Å²) >= 11 is 0. The van der Waals surface area contributed by atoms with Gasteiger partial charge in [0.2, 0.25) is 0 Å². The molecule has 0 aliphatic carbocycles. The maximum absolute atomic E-state index is 13.6. The van der Waals surface area contributed by atoms with Crippen LogP contribution in [-0.2, 0) is 18.3 Å². The summed E-state index contributed by atoms with van der Waals surface area (Å²) < 4.78 is 7.04. The smallest absolute Gasteiger partial charge is 0.409 e. The van der Waals surface area contributed by atoms with Crippen LogP contribution >= 0.6 is 0 Å². The van der Waals surface area contributed by atoms with Gasteiger partial charge < -0.3 is 19.1 Å². The Labute approximate surface area is 181 Å². The number of carbonyl (C=O) groups is 2. The number of amides is 2. The molecule has 1 aliphatic rings. The Kier molecular flexibility index (Phi) is 6.16. The molecule has 0 saturated carbocycles. The van der Waals surface area contributed by atoms with E-state index in [0.717, 1.165) is 16.7 Å². The van der Waals surface area contributed by atoms with Crippen molar-refractivity contribution in [1.29, 1.82) is 0 Å². The number of rotatable bonds is 5. The molecule has 1 aliphatic heterocycles. The van der Waals surface area contributed by atoms with Gasteiger partial charge in [0, 0.05) is 50.2 Å². The quantitative estimate of drug-likeness (QED) is 0.632. The van der Waals surface area contributed by atoms with Gasteiger partial charge in [0.15, 0.2) is 0 Å². The van der Waals surface area contributed by atoms with Crippen molar-refractivity contribution < 1.29 is 14.3 Å². The molecule has 0 N–H and O–H groups in total. The Morgan fingerprint density at radius 2 is 1.97 bits per heavy atom. The van der Waals surface area contributed by atoms with E-state index in [-0.39, 0.29) is 18.0 Å². The van der Waals surface area contributed by atoms with Crippen molar-refractivity contribution in [1.82, 2.24) is 24.3 Å². The van der Waals surface area contributed by atoms with Crippen LogP contribution in [0, 0.1) is 0 Å². The first-order valence-electron chi connectivity index (χ1n) is 10.6. The molecular weight excluding hydrogens is 394 g/mol. The number of pyridine rings is 1. The molecule has 0 bridgehead atoms. The number of piperidine rings is 1. The minimum absolute atomic E-state index is 0.00125. The second-order valence-electron chi connectivity index (χ2n) is 7.72. The SMILES string of the molecule is CCOC(=O)N1CCC(N(Cc2nccn2C)C(=O)c2cnc3ccccc3c2)CC1. The first kappa shape index (κ1) is 20.8. The van der Waals surface area contributed by atoms with Gasteiger partial charge in [0.1, 0.15) is 5.82 Å². The van der Waals surface area contributed by atoms with Crippen molar-refractivity contribution in [3.63, 3.8) is 0 Å². The predicted octanol–water partition coefficient (Wildman–Crippen LogP) is 3.23. The van der Waals surface area contributed by atoms with Gasteiger partial charge in [0.05, 0.1) is 24.2 Å². The molecule has 8 nitrogen and oxygen atoms in total. The minimum atomic E-state index is -0.290. The summed E-state index contributed by atoms with van der Waals surface area (Å²) in [6.45, 7) is 3.68. The van der Waals surface area contributed by atoms with Gasteiger partial charge in [0.25, 0.3) is 5.91 Å². The Hall–Kier alpha value is -3.42. The maximum Gasteiger partial charge on any atom is 0.409 e. The highest BCUT2D eigenvalue weighted by atomic mass is 16.6. The minimum Gasteiger partial charge on any atom is -0.450 e. The number of imidazole rings is 1. The molecule has 4 rings (SSSR count). The maximum atomic E-state index is 13.6. The van der Waals surface area contributed by atoms with Crippen molar-refractivity contribution in [2.45, 2.75) is 32.4 Å². The van der Waals surface area contributed by atoms with Crippen molar-refractivity contribution >= 4 is 22.9 Å². The fraction of sp³-hybridized carbons (Fsp3) is 0.391. The second-order valence-corrected chi connectivity index (χ2v) is 7.72. The van der Waals surface area contributed by atoms with E-state index >= 15 is 0 Å². The number of ether oxygens (including phenoxy) is 1. The standard InChI is InChI=1S/C23H27N5O3/c1-3-31-23(30)27-11-8-19(9-12-27)28(16-21-24-10-13-26(21)2)22(29)18-14-17-6-4-5-7-20(17)25-15-18/h4-7,10,13-15,19H,3,8-9,11-12,16H2,1-2H3. The summed E-state index contributed by atoms with van der Waals surface area (Å²) in [5, 5.41) is 0.933. The first-order chi connectivity index (χ1) is 15.1. The third-order valence-electron chi connectivity index (χ3n) is 5.76. The monoisotopic (exact) mass is 421 g/mol. The molecule has 3 aromatic rings. The zero-order chi connectivity index (χ0) is 21.8. The van der Waals surface area contributed by atoms with Crippen LogP contribution in [0.25, 0.3) is 10.9 Å². The summed E-state index contributed by atoms with van der Waals surface area (Å²) in [5.41, 5.74) is 1.41. The number of fused-ring (bicyclic) bond motifs is 1. The Morgan fingerprint density at radius 1 is 1.19 bits per heavy atom. The molecule has 8 heteroatoms. The van der Waals surface area contributed by atoms with Crippen molar-refractivity contribution in [3.05, 3.63) is 60.3 Å². The Bertz CT molecular complexity index is 1070. The van der Waals surface area contributed by atoms with Gasteiger partial charge in [-0.3, -0.25) is 9.78 Å². The molecule has 31 heavy (non-hydrogen) atoms. The zero-order valence-corrected chi connectivity index (χ0v) is 17.9. The molecule has 0 radical (unpaired) electrons. The Morgan fingerprint density at radius 3 is 2.68 bits per heavy atom. The molecule has 0 unspecified atom stereocenters. The molecule has 1 saturated heterocycles. The first-order valence-corrected chi connectivity index (χ1v) is 10.6. The average Bonchev–Trinajstić information content (AvgIpc) is 3.21. The van der Waals surface area contributed by atoms with Crippen LogP contribution in [0.3, 0.4) is 0 Å². The van der Waals surface area contributed by atoms with E-state index in [1.807, 2.05) is 53.0 Å². The fourth-order valence-corrected chi connectivity index (χ4v) is 4.00. The summed E-state index contributed by atoms with van der Waals surface area (Å²) in [7, 11) is 1.92. The average molecular weight is 422 g/mol.